The van der Waals surface area contributed by atoms with Crippen molar-refractivity contribution in [2.24, 2.45) is 11.8 Å². The van der Waals surface area contributed by atoms with Crippen molar-refractivity contribution in [2.75, 3.05) is 13.2 Å². The van der Waals surface area contributed by atoms with Crippen LogP contribution in [0.3, 0.4) is 0 Å². The van der Waals surface area contributed by atoms with Gasteiger partial charge in [-0.25, -0.2) is 0 Å². The van der Waals surface area contributed by atoms with E-state index in [1.165, 1.54) is 0 Å². The van der Waals surface area contributed by atoms with E-state index < -0.39 is 7.37 Å². The maximum absolute atomic E-state index is 13.7. The summed E-state index contributed by atoms with van der Waals surface area (Å²) < 4.78 is 19.5. The van der Waals surface area contributed by atoms with Crippen LogP contribution in [0.4, 0.5) is 0 Å². The summed E-state index contributed by atoms with van der Waals surface area (Å²) in [5, 5.41) is 3.91. The third kappa shape index (κ3) is 4.55. The second kappa shape index (κ2) is 8.64. The lowest BCUT2D eigenvalue weighted by Crippen LogP contribution is -2.26. The Morgan fingerprint density at radius 1 is 1.11 bits per heavy atom. The molecule has 1 saturated heterocycles. The van der Waals surface area contributed by atoms with Crippen LogP contribution < -0.4 is 15.9 Å². The standard InChI is InChI=1S/C21H24NO4P/c1-16(14-17-12-13-22-21(17)24)20(23)15-26-27(25,18-8-4-2-5-9-18)19-10-6-3-7-11-19/h2-11,16-17H,12-15H2,1H3,(H,22,24)/t16-,17-/m0/s1. The van der Waals surface area contributed by atoms with Crippen molar-refractivity contribution in [3.05, 3.63) is 60.7 Å². The maximum Gasteiger partial charge on any atom is 0.261 e. The van der Waals surface area contributed by atoms with Crippen molar-refractivity contribution < 1.29 is 18.7 Å². The number of carbonyl (C=O) groups is 2. The highest BCUT2D eigenvalue weighted by molar-refractivity contribution is 7.74. The fourth-order valence-electron chi connectivity index (χ4n) is 3.27. The first-order valence-corrected chi connectivity index (χ1v) is 10.8. The molecule has 1 amide bonds. The van der Waals surface area contributed by atoms with Crippen LogP contribution in [0.1, 0.15) is 19.8 Å². The van der Waals surface area contributed by atoms with E-state index in [1.807, 2.05) is 12.1 Å². The van der Waals surface area contributed by atoms with Crippen molar-refractivity contribution in [3.8, 4) is 0 Å². The van der Waals surface area contributed by atoms with E-state index in [-0.39, 0.29) is 30.1 Å². The molecule has 5 nitrogen and oxygen atoms in total. The third-order valence-electron chi connectivity index (χ3n) is 4.93. The van der Waals surface area contributed by atoms with Gasteiger partial charge < -0.3 is 9.84 Å². The van der Waals surface area contributed by atoms with E-state index in [2.05, 4.69) is 5.32 Å². The predicted octanol–water partition coefficient (Wildman–Crippen LogP) is 2.66. The van der Waals surface area contributed by atoms with Gasteiger partial charge in [0.05, 0.1) is 0 Å². The highest BCUT2D eigenvalue weighted by Gasteiger charge is 2.32. The Morgan fingerprint density at radius 3 is 2.15 bits per heavy atom. The van der Waals surface area contributed by atoms with E-state index in [1.54, 1.807) is 55.5 Å². The summed E-state index contributed by atoms with van der Waals surface area (Å²) in [7, 11) is -3.37. The van der Waals surface area contributed by atoms with Gasteiger partial charge in [0.1, 0.15) is 6.61 Å². The molecule has 0 radical (unpaired) electrons. The summed E-state index contributed by atoms with van der Waals surface area (Å²) in [6.07, 6.45) is 1.25. The summed E-state index contributed by atoms with van der Waals surface area (Å²) in [4.78, 5) is 24.3. The number of ketones is 1. The quantitative estimate of drug-likeness (QED) is 0.709. The zero-order valence-electron chi connectivity index (χ0n) is 15.3. The molecule has 142 valence electrons. The van der Waals surface area contributed by atoms with E-state index in [0.29, 0.717) is 23.6 Å². The van der Waals surface area contributed by atoms with Gasteiger partial charge >= 0.3 is 0 Å². The van der Waals surface area contributed by atoms with Crippen molar-refractivity contribution in [1.82, 2.24) is 5.32 Å². The molecule has 2 atom stereocenters. The zero-order chi connectivity index (χ0) is 19.3. The van der Waals surface area contributed by atoms with E-state index >= 15 is 0 Å². The summed E-state index contributed by atoms with van der Waals surface area (Å²) >= 11 is 0. The first kappa shape index (κ1) is 19.5. The minimum absolute atomic E-state index is 0.00908. The molecule has 0 spiro atoms. The number of hydrogen-bond acceptors (Lipinski definition) is 4. The molecule has 0 saturated carbocycles. The van der Waals surface area contributed by atoms with Crippen LogP contribution in [-0.2, 0) is 18.7 Å². The Balaban J connectivity index is 1.72. The lowest BCUT2D eigenvalue weighted by molar-refractivity contribution is -0.126. The smallest absolute Gasteiger partial charge is 0.261 e. The summed E-state index contributed by atoms with van der Waals surface area (Å²) in [6, 6.07) is 17.9. The Morgan fingerprint density at radius 2 is 1.67 bits per heavy atom. The van der Waals surface area contributed by atoms with Crippen molar-refractivity contribution >= 4 is 29.7 Å². The van der Waals surface area contributed by atoms with Crippen LogP contribution in [0.25, 0.3) is 0 Å². The van der Waals surface area contributed by atoms with E-state index in [4.69, 9.17) is 4.52 Å². The average molecular weight is 385 g/mol. The lowest BCUT2D eigenvalue weighted by Gasteiger charge is -2.20. The molecule has 0 aromatic heterocycles. The first-order valence-electron chi connectivity index (χ1n) is 9.17. The van der Waals surface area contributed by atoms with Crippen LogP contribution in [0, 0.1) is 11.8 Å². The Bertz CT molecular complexity index is 794. The molecule has 27 heavy (non-hydrogen) atoms. The molecule has 1 heterocycles. The predicted molar refractivity (Wildman–Crippen MR) is 106 cm³/mol. The molecular weight excluding hydrogens is 361 g/mol. The number of carbonyl (C=O) groups excluding carboxylic acids is 2. The lowest BCUT2D eigenvalue weighted by atomic mass is 9.92. The highest BCUT2D eigenvalue weighted by atomic mass is 31.2. The second-order valence-electron chi connectivity index (χ2n) is 6.88. The number of amides is 1. The van der Waals surface area contributed by atoms with Gasteiger partial charge in [-0.1, -0.05) is 43.3 Å². The highest BCUT2D eigenvalue weighted by Crippen LogP contribution is 2.44. The normalized spacial score (nSPS) is 18.1. The Labute approximate surface area is 159 Å². The molecule has 6 heteroatoms. The number of Topliss-reactive ketones (excluding diaryl/α,β-unsaturated/α-hetero) is 1. The minimum Gasteiger partial charge on any atom is -0.356 e. The molecular formula is C21H24NO4P. The van der Waals surface area contributed by atoms with Gasteiger partial charge in [0, 0.05) is 29.0 Å². The summed E-state index contributed by atoms with van der Waals surface area (Å²) in [5.41, 5.74) is 0. The van der Waals surface area contributed by atoms with E-state index in [9.17, 15) is 14.2 Å². The van der Waals surface area contributed by atoms with E-state index in [0.717, 1.165) is 6.42 Å². The third-order valence-corrected chi connectivity index (χ3v) is 7.38. The van der Waals surface area contributed by atoms with Gasteiger partial charge in [-0.3, -0.25) is 14.2 Å². The number of benzene rings is 2. The fraction of sp³-hybridized carbons (Fsp3) is 0.333. The SMILES string of the molecule is C[C@@H](C[C@@H]1CCNC1=O)C(=O)COP(=O)(c1ccccc1)c1ccccc1. The van der Waals surface area contributed by atoms with Crippen LogP contribution in [-0.4, -0.2) is 24.8 Å². The summed E-state index contributed by atoms with van der Waals surface area (Å²) in [6.45, 7) is 2.22. The molecule has 2 aromatic rings. The van der Waals surface area contributed by atoms with Crippen LogP contribution in [0.15, 0.2) is 60.7 Å². The molecule has 1 fully saturated rings. The molecule has 3 rings (SSSR count). The van der Waals surface area contributed by atoms with Crippen molar-refractivity contribution in [3.63, 3.8) is 0 Å². The van der Waals surface area contributed by atoms with Gasteiger partial charge in [-0.2, -0.15) is 0 Å². The fourth-order valence-corrected chi connectivity index (χ4v) is 5.31. The summed E-state index contributed by atoms with van der Waals surface area (Å²) in [5.74, 6) is -0.575. The molecule has 1 aliphatic heterocycles. The molecule has 1 N–H and O–H groups in total. The van der Waals surface area contributed by atoms with Crippen LogP contribution >= 0.6 is 7.37 Å². The van der Waals surface area contributed by atoms with Crippen LogP contribution in [0.5, 0.6) is 0 Å². The number of rotatable bonds is 8. The molecule has 0 bridgehead atoms. The van der Waals surface area contributed by atoms with Crippen molar-refractivity contribution in [1.29, 1.82) is 0 Å². The number of hydrogen-bond donors (Lipinski definition) is 1. The minimum atomic E-state index is -3.37. The van der Waals surface area contributed by atoms with Gasteiger partial charge in [0.25, 0.3) is 7.37 Å². The average Bonchev–Trinajstić information content (AvgIpc) is 3.11. The number of nitrogens with one attached hydrogen (secondary N) is 1. The largest absolute Gasteiger partial charge is 0.356 e. The molecule has 1 aliphatic rings. The topological polar surface area (TPSA) is 72.5 Å². The monoisotopic (exact) mass is 385 g/mol. The van der Waals surface area contributed by atoms with Crippen molar-refractivity contribution in [2.45, 2.75) is 19.8 Å². The van der Waals surface area contributed by atoms with Gasteiger partial charge in [-0.15, -0.1) is 0 Å². The van der Waals surface area contributed by atoms with Gasteiger partial charge in [0.2, 0.25) is 5.91 Å². The Kier molecular flexibility index (Phi) is 6.25. The first-order chi connectivity index (χ1) is 13.0. The molecule has 0 unspecified atom stereocenters. The van der Waals surface area contributed by atoms with Crippen LogP contribution in [0.2, 0.25) is 0 Å². The molecule has 2 aromatic carbocycles. The second-order valence-corrected chi connectivity index (χ2v) is 9.27. The maximum atomic E-state index is 13.7. The Hall–Kier alpha value is -2.23. The van der Waals surface area contributed by atoms with Gasteiger partial charge in [-0.05, 0) is 37.1 Å². The van der Waals surface area contributed by atoms with Gasteiger partial charge in [0.15, 0.2) is 5.78 Å². The zero-order valence-corrected chi connectivity index (χ0v) is 16.2. The molecule has 0 aliphatic carbocycles.